The highest BCUT2D eigenvalue weighted by Gasteiger charge is 2.36. The number of carbonyl (C=O) groups is 2. The smallest absolute Gasteiger partial charge is 0.386 e. The van der Waals surface area contributed by atoms with Crippen molar-refractivity contribution in [1.82, 2.24) is 0 Å². The van der Waals surface area contributed by atoms with Gasteiger partial charge in [-0.15, -0.1) is 0 Å². The first kappa shape index (κ1) is 24.5. The minimum absolute atomic E-state index is 0.0531. The highest BCUT2D eigenvalue weighted by Crippen LogP contribution is 2.34. The number of aliphatic hydroxyl groups is 4. The summed E-state index contributed by atoms with van der Waals surface area (Å²) in [6.45, 7) is 0. The van der Waals surface area contributed by atoms with Gasteiger partial charge in [0, 0.05) is 23.8 Å². The molecular formula is C21H18O13. The van der Waals surface area contributed by atoms with E-state index in [1.165, 1.54) is 6.07 Å². The number of fused-ring (bicyclic) bond motifs is 1. The van der Waals surface area contributed by atoms with Gasteiger partial charge >= 0.3 is 5.97 Å². The second kappa shape index (κ2) is 9.76. The number of carbonyl (C=O) groups excluding carboxylic acids is 2. The molecule has 13 heteroatoms. The number of hydrogen-bond acceptors (Lipinski definition) is 13. The van der Waals surface area contributed by atoms with E-state index >= 15 is 0 Å². The Balaban J connectivity index is 1.85. The van der Waals surface area contributed by atoms with Crippen LogP contribution in [0.25, 0.3) is 22.3 Å². The third-order valence-corrected chi connectivity index (χ3v) is 4.67. The third-order valence-electron chi connectivity index (χ3n) is 4.67. The Hall–Kier alpha value is -4.17. The lowest BCUT2D eigenvalue weighted by atomic mass is 10.0. The highest BCUT2D eigenvalue weighted by molar-refractivity contribution is 5.86. The van der Waals surface area contributed by atoms with Crippen LogP contribution in [0.15, 0.2) is 45.6 Å². The summed E-state index contributed by atoms with van der Waals surface area (Å²) in [6, 6.07) is 6.60. The van der Waals surface area contributed by atoms with Gasteiger partial charge in [0.15, 0.2) is 35.1 Å². The van der Waals surface area contributed by atoms with Gasteiger partial charge in [0.1, 0.15) is 40.8 Å². The van der Waals surface area contributed by atoms with Gasteiger partial charge in [-0.2, -0.15) is 0 Å². The summed E-state index contributed by atoms with van der Waals surface area (Å²) >= 11 is 0. The van der Waals surface area contributed by atoms with Crippen LogP contribution >= 0.6 is 0 Å². The number of benzene rings is 2. The molecule has 0 aliphatic rings. The molecule has 34 heavy (non-hydrogen) atoms. The molecule has 7 N–H and O–H groups in total. The molecule has 3 aromatic rings. The van der Waals surface area contributed by atoms with Gasteiger partial charge in [-0.05, 0) is 18.2 Å². The van der Waals surface area contributed by atoms with Gasteiger partial charge < -0.3 is 45.0 Å². The first-order chi connectivity index (χ1) is 16.0. The second-order valence-electron chi connectivity index (χ2n) is 7.03. The van der Waals surface area contributed by atoms with Crippen LogP contribution in [0.4, 0.5) is 0 Å². The Labute approximate surface area is 188 Å². The second-order valence-corrected chi connectivity index (χ2v) is 7.03. The molecule has 180 valence electrons. The molecule has 0 unspecified atom stereocenters. The largest absolute Gasteiger partial charge is 0.507 e. The van der Waals surface area contributed by atoms with E-state index < -0.39 is 53.1 Å². The van der Waals surface area contributed by atoms with Gasteiger partial charge in [-0.3, -0.25) is 9.68 Å². The molecule has 2 aromatic carbocycles. The molecule has 0 amide bonds. The van der Waals surface area contributed by atoms with Crippen LogP contribution in [0, 0.1) is 0 Å². The lowest BCUT2D eigenvalue weighted by Gasteiger charge is -2.22. The molecule has 0 aliphatic heterocycles. The van der Waals surface area contributed by atoms with Crippen molar-refractivity contribution in [1.29, 1.82) is 0 Å². The average Bonchev–Trinajstić information content (AvgIpc) is 2.81. The maximum absolute atomic E-state index is 12.4. The summed E-state index contributed by atoms with van der Waals surface area (Å²) in [5.41, 5.74) is -0.697. The van der Waals surface area contributed by atoms with Crippen molar-refractivity contribution >= 4 is 23.2 Å². The normalized spacial score (nSPS) is 14.7. The minimum atomic E-state index is -2.43. The van der Waals surface area contributed by atoms with Crippen molar-refractivity contribution in [2.45, 2.75) is 24.4 Å². The number of aldehydes is 1. The number of phenolic OH excluding ortho intramolecular Hbond substituents is 3. The molecule has 1 aromatic heterocycles. The fraction of sp³-hybridized carbons (Fsp3) is 0.190. The maximum Gasteiger partial charge on any atom is 0.386 e. The predicted octanol–water partition coefficient (Wildman–Crippen LogP) is -0.944. The van der Waals surface area contributed by atoms with E-state index in [2.05, 4.69) is 9.78 Å². The minimum Gasteiger partial charge on any atom is -0.507 e. The summed E-state index contributed by atoms with van der Waals surface area (Å²) in [4.78, 5) is 43.8. The van der Waals surface area contributed by atoms with E-state index in [1.807, 2.05) is 0 Å². The summed E-state index contributed by atoms with van der Waals surface area (Å²) in [6.07, 6.45) is -9.13. The van der Waals surface area contributed by atoms with Gasteiger partial charge in [0.25, 0.3) is 0 Å². The molecule has 0 aliphatic carbocycles. The van der Waals surface area contributed by atoms with E-state index in [9.17, 15) is 45.0 Å². The molecule has 13 nitrogen and oxygen atoms in total. The predicted molar refractivity (Wildman–Crippen MR) is 110 cm³/mol. The van der Waals surface area contributed by atoms with Crippen molar-refractivity contribution in [3.8, 4) is 34.3 Å². The summed E-state index contributed by atoms with van der Waals surface area (Å²) in [5, 5.41) is 67.0. The molecular weight excluding hydrogens is 460 g/mol. The molecule has 0 saturated carbocycles. The van der Waals surface area contributed by atoms with E-state index in [4.69, 9.17) is 9.52 Å². The number of aromatic hydroxyl groups is 3. The van der Waals surface area contributed by atoms with Crippen LogP contribution in [0.5, 0.6) is 23.0 Å². The van der Waals surface area contributed by atoms with Gasteiger partial charge in [0.05, 0.1) is 0 Å². The molecule has 0 saturated heterocycles. The molecule has 4 atom stereocenters. The Kier molecular flexibility index (Phi) is 7.03. The Morgan fingerprint density at radius 3 is 2.26 bits per heavy atom. The summed E-state index contributed by atoms with van der Waals surface area (Å²) in [7, 11) is 0. The molecule has 0 bridgehead atoms. The van der Waals surface area contributed by atoms with Crippen molar-refractivity contribution in [3.05, 3.63) is 46.6 Å². The zero-order valence-corrected chi connectivity index (χ0v) is 16.9. The van der Waals surface area contributed by atoms with Gasteiger partial charge in [0.2, 0.25) is 0 Å². The molecule has 0 radical (unpaired) electrons. The van der Waals surface area contributed by atoms with Crippen molar-refractivity contribution < 1.29 is 59.5 Å². The topological polar surface area (TPSA) is 224 Å². The van der Waals surface area contributed by atoms with Crippen LogP contribution in [0.2, 0.25) is 0 Å². The first-order valence-electron chi connectivity index (χ1n) is 9.42. The number of phenols is 3. The molecule has 3 rings (SSSR count). The molecule has 0 spiro atoms. The van der Waals surface area contributed by atoms with Crippen molar-refractivity contribution in [2.24, 2.45) is 0 Å². The Morgan fingerprint density at radius 1 is 0.912 bits per heavy atom. The SMILES string of the molecule is O=C[C@H](O)[C@@H](O)[C@H](O)[C@H](O)C(=O)OOc1cc(O)c2c(=O)cc(-c3ccc(O)c(O)c3)oc2c1. The quantitative estimate of drug-likeness (QED) is 0.0899. The molecule has 0 fully saturated rings. The zero-order valence-electron chi connectivity index (χ0n) is 16.9. The Morgan fingerprint density at radius 2 is 1.62 bits per heavy atom. The molecule has 1 heterocycles. The monoisotopic (exact) mass is 478 g/mol. The van der Waals surface area contributed by atoms with Crippen molar-refractivity contribution in [3.63, 3.8) is 0 Å². The van der Waals surface area contributed by atoms with E-state index in [0.717, 1.165) is 30.3 Å². The maximum atomic E-state index is 12.4. The number of hydrogen-bond donors (Lipinski definition) is 7. The van der Waals surface area contributed by atoms with E-state index in [0.29, 0.717) is 0 Å². The van der Waals surface area contributed by atoms with E-state index in [1.54, 1.807) is 0 Å². The van der Waals surface area contributed by atoms with Crippen LogP contribution in [0.1, 0.15) is 0 Å². The summed E-state index contributed by atoms with van der Waals surface area (Å²) in [5.74, 6) is -3.56. The Bertz CT molecular complexity index is 1280. The lowest BCUT2D eigenvalue weighted by molar-refractivity contribution is -0.230. The van der Waals surface area contributed by atoms with Crippen molar-refractivity contribution in [2.75, 3.05) is 0 Å². The highest BCUT2D eigenvalue weighted by atomic mass is 17.2. The van der Waals surface area contributed by atoms with Crippen LogP contribution in [0.3, 0.4) is 0 Å². The van der Waals surface area contributed by atoms with E-state index in [-0.39, 0.29) is 34.3 Å². The summed E-state index contributed by atoms with van der Waals surface area (Å²) < 4.78 is 5.55. The first-order valence-corrected chi connectivity index (χ1v) is 9.42. The van der Waals surface area contributed by atoms with Crippen LogP contribution in [-0.2, 0) is 14.5 Å². The fourth-order valence-corrected chi connectivity index (χ4v) is 2.86. The van der Waals surface area contributed by atoms with Gasteiger partial charge in [-0.25, -0.2) is 9.68 Å². The number of aliphatic hydroxyl groups excluding tert-OH is 4. The zero-order chi connectivity index (χ0) is 25.2. The van der Waals surface area contributed by atoms with Gasteiger partial charge in [-0.1, -0.05) is 0 Å². The average molecular weight is 478 g/mol. The standard InChI is InChI=1S/C21H18O13/c22-7-14(27)18(28)19(29)20(30)21(31)34-33-9-4-12(25)17-13(26)6-15(32-16(17)5-9)8-1-2-10(23)11(24)3-8/h1-7,14,18-20,23-25,27-30H/t14-,18+,19-,20-/m0/s1. The number of rotatable bonds is 8. The lowest BCUT2D eigenvalue weighted by Crippen LogP contribution is -2.48. The van der Waals surface area contributed by atoms with Crippen LogP contribution < -0.4 is 10.3 Å². The third kappa shape index (κ3) is 4.92. The fourth-order valence-electron chi connectivity index (χ4n) is 2.86. The van der Waals surface area contributed by atoms with Crippen LogP contribution in [-0.4, -0.2) is 72.4 Å².